The largest absolute Gasteiger partial charge is 0.508 e. The van der Waals surface area contributed by atoms with Gasteiger partial charge in [0.15, 0.2) is 0 Å². The second-order valence-corrected chi connectivity index (χ2v) is 3.07. The highest BCUT2D eigenvalue weighted by Gasteiger charge is 1.96. The third-order valence-electron chi connectivity index (χ3n) is 1.71. The van der Waals surface area contributed by atoms with E-state index in [1.54, 1.807) is 18.2 Å². The molecule has 0 aliphatic heterocycles. The summed E-state index contributed by atoms with van der Waals surface area (Å²) in [4.78, 5) is 19.1. The number of aliphatic carboxylic acids is 2. The van der Waals surface area contributed by atoms with Crippen molar-refractivity contribution < 1.29 is 29.4 Å². The minimum absolute atomic E-state index is 0.210. The Labute approximate surface area is 101 Å². The summed E-state index contributed by atoms with van der Waals surface area (Å²) in [7, 11) is 0. The Morgan fingerprint density at radius 1 is 1.17 bits per heavy atom. The molecule has 2 rings (SSSR count). The molecule has 7 heteroatoms. The predicted octanol–water partition coefficient (Wildman–Crippen LogP) is 1.25. The van der Waals surface area contributed by atoms with E-state index < -0.39 is 11.9 Å². The highest BCUT2D eigenvalue weighted by atomic mass is 16.5. The van der Waals surface area contributed by atoms with E-state index in [0.29, 0.717) is 17.7 Å². The Morgan fingerprint density at radius 3 is 2.33 bits per heavy atom. The zero-order valence-corrected chi connectivity index (χ0v) is 8.98. The number of aromatic hydroxyl groups is 1. The smallest absolute Gasteiger partial charge is 0.328 e. The Balaban J connectivity index is 0.000000187. The third kappa shape index (κ3) is 4.35. The molecule has 2 aromatic rings. The summed E-state index contributed by atoms with van der Waals surface area (Å²) in [5.74, 6) is -2.30. The number of carbonyl (C=O) groups is 2. The molecule has 0 radical (unpaired) electrons. The van der Waals surface area contributed by atoms with Gasteiger partial charge in [0.2, 0.25) is 0 Å². The van der Waals surface area contributed by atoms with Gasteiger partial charge in [-0.05, 0) is 12.1 Å². The molecule has 94 valence electrons. The summed E-state index contributed by atoms with van der Waals surface area (Å²) in [6.45, 7) is 0. The fourth-order valence-corrected chi connectivity index (χ4v) is 0.993. The van der Waals surface area contributed by atoms with Crippen LogP contribution in [0.15, 0.2) is 41.1 Å². The summed E-state index contributed by atoms with van der Waals surface area (Å²) in [6.07, 6.45) is 2.65. The van der Waals surface area contributed by atoms with Crippen LogP contribution in [0.5, 0.6) is 5.75 Å². The summed E-state index contributed by atoms with van der Waals surface area (Å²) < 4.78 is 4.66. The van der Waals surface area contributed by atoms with Crippen molar-refractivity contribution >= 4 is 22.8 Å². The fraction of sp³-hybridized carbons (Fsp3) is 0. The molecule has 0 amide bonds. The zero-order valence-electron chi connectivity index (χ0n) is 8.98. The van der Waals surface area contributed by atoms with E-state index in [1.807, 2.05) is 0 Å². The minimum atomic E-state index is -1.26. The molecule has 0 saturated heterocycles. The topological polar surface area (TPSA) is 121 Å². The second kappa shape index (κ2) is 6.04. The number of rotatable bonds is 2. The van der Waals surface area contributed by atoms with Crippen LogP contribution in [0.1, 0.15) is 0 Å². The first-order valence-corrected chi connectivity index (χ1v) is 4.66. The average molecular weight is 251 g/mol. The molecule has 1 aromatic carbocycles. The van der Waals surface area contributed by atoms with E-state index >= 15 is 0 Å². The van der Waals surface area contributed by atoms with Crippen molar-refractivity contribution in [1.82, 2.24) is 5.16 Å². The van der Waals surface area contributed by atoms with E-state index in [4.69, 9.17) is 15.3 Å². The van der Waals surface area contributed by atoms with Crippen molar-refractivity contribution in [3.8, 4) is 5.75 Å². The van der Waals surface area contributed by atoms with Gasteiger partial charge in [-0.3, -0.25) is 0 Å². The van der Waals surface area contributed by atoms with Gasteiger partial charge in [-0.15, -0.1) is 0 Å². The first-order chi connectivity index (χ1) is 8.49. The van der Waals surface area contributed by atoms with Crippen molar-refractivity contribution in [2.45, 2.75) is 0 Å². The van der Waals surface area contributed by atoms with Crippen molar-refractivity contribution in [3.05, 3.63) is 36.6 Å². The highest BCUT2D eigenvalue weighted by molar-refractivity contribution is 5.89. The molecule has 0 atom stereocenters. The van der Waals surface area contributed by atoms with E-state index in [9.17, 15) is 9.59 Å². The van der Waals surface area contributed by atoms with E-state index in [0.717, 1.165) is 5.39 Å². The molecule has 0 aliphatic carbocycles. The number of carboxylic acids is 2. The molecule has 18 heavy (non-hydrogen) atoms. The first-order valence-electron chi connectivity index (χ1n) is 4.66. The van der Waals surface area contributed by atoms with Gasteiger partial charge in [0.1, 0.15) is 17.5 Å². The van der Waals surface area contributed by atoms with Crippen LogP contribution in [-0.4, -0.2) is 32.4 Å². The van der Waals surface area contributed by atoms with Crippen molar-refractivity contribution in [1.29, 1.82) is 0 Å². The summed E-state index contributed by atoms with van der Waals surface area (Å²) >= 11 is 0. The molecule has 0 fully saturated rings. The third-order valence-corrected chi connectivity index (χ3v) is 1.71. The lowest BCUT2D eigenvalue weighted by Crippen LogP contribution is -1.91. The predicted molar refractivity (Wildman–Crippen MR) is 60.1 cm³/mol. The maximum atomic E-state index is 9.55. The van der Waals surface area contributed by atoms with Crippen LogP contribution >= 0.6 is 0 Å². The van der Waals surface area contributed by atoms with E-state index in [1.165, 1.54) is 6.26 Å². The van der Waals surface area contributed by atoms with Gasteiger partial charge < -0.3 is 19.8 Å². The van der Waals surface area contributed by atoms with E-state index in [-0.39, 0.29) is 5.75 Å². The molecular weight excluding hydrogens is 242 g/mol. The van der Waals surface area contributed by atoms with Crippen molar-refractivity contribution in [3.63, 3.8) is 0 Å². The molecule has 7 nitrogen and oxygen atoms in total. The number of hydrogen-bond donors (Lipinski definition) is 3. The Hall–Kier alpha value is -2.83. The summed E-state index contributed by atoms with van der Waals surface area (Å²) in [5, 5.41) is 29.1. The Kier molecular flexibility index (Phi) is 4.44. The van der Waals surface area contributed by atoms with Gasteiger partial charge in [0, 0.05) is 23.6 Å². The maximum Gasteiger partial charge on any atom is 0.328 e. The Morgan fingerprint density at radius 2 is 1.78 bits per heavy atom. The molecule has 0 bridgehead atoms. The molecule has 0 saturated carbocycles. The molecule has 1 heterocycles. The van der Waals surface area contributed by atoms with Gasteiger partial charge in [0.25, 0.3) is 0 Å². The van der Waals surface area contributed by atoms with Crippen LogP contribution in [0.25, 0.3) is 10.9 Å². The lowest BCUT2D eigenvalue weighted by atomic mass is 10.2. The number of fused-ring (bicyclic) bond motifs is 1. The molecule has 0 unspecified atom stereocenters. The van der Waals surface area contributed by atoms with Gasteiger partial charge >= 0.3 is 11.9 Å². The van der Waals surface area contributed by atoms with Gasteiger partial charge in [-0.2, -0.15) is 0 Å². The maximum absolute atomic E-state index is 9.55. The first kappa shape index (κ1) is 13.2. The van der Waals surface area contributed by atoms with Gasteiger partial charge in [-0.1, -0.05) is 5.16 Å². The van der Waals surface area contributed by atoms with Crippen LogP contribution in [0, 0.1) is 0 Å². The SMILES string of the molecule is O=C(O)/C=C\C(=O)O.Oc1ccc2conc2c1. The second-order valence-electron chi connectivity index (χ2n) is 3.07. The molecule has 1 aromatic heterocycles. The number of phenols is 1. The van der Waals surface area contributed by atoms with Crippen LogP contribution in [0.4, 0.5) is 0 Å². The van der Waals surface area contributed by atoms with Crippen molar-refractivity contribution in [2.75, 3.05) is 0 Å². The standard InChI is InChI=1S/C7H5NO2.C4H4O4/c9-6-2-1-5-4-10-8-7(5)3-6;5-3(6)1-2-4(7)8/h1-4,9H;1-2H,(H,5,6)(H,7,8)/b;2-1-. The highest BCUT2D eigenvalue weighted by Crippen LogP contribution is 2.17. The Bertz CT molecular complexity index is 570. The number of hydrogen-bond acceptors (Lipinski definition) is 5. The average Bonchev–Trinajstić information content (AvgIpc) is 2.74. The quantitative estimate of drug-likeness (QED) is 0.686. The normalized spacial score (nSPS) is 10.0. The molecular formula is C11H9NO6. The number of phenolic OH excluding ortho intramolecular Hbond substituents is 1. The van der Waals surface area contributed by atoms with Crippen LogP contribution < -0.4 is 0 Å². The van der Waals surface area contributed by atoms with Gasteiger partial charge in [0.05, 0.1) is 0 Å². The number of benzene rings is 1. The van der Waals surface area contributed by atoms with Gasteiger partial charge in [-0.25, -0.2) is 9.59 Å². The monoisotopic (exact) mass is 251 g/mol. The van der Waals surface area contributed by atoms with Crippen LogP contribution in [0.3, 0.4) is 0 Å². The summed E-state index contributed by atoms with van der Waals surface area (Å²) in [5.41, 5.74) is 0.681. The number of nitrogens with zero attached hydrogens (tertiary/aromatic N) is 1. The molecule has 0 aliphatic rings. The number of aromatic nitrogens is 1. The minimum Gasteiger partial charge on any atom is -0.508 e. The van der Waals surface area contributed by atoms with Crippen LogP contribution in [0.2, 0.25) is 0 Å². The lowest BCUT2D eigenvalue weighted by molar-refractivity contribution is -0.134. The molecule has 0 spiro atoms. The zero-order chi connectivity index (χ0) is 13.5. The molecule has 3 N–H and O–H groups in total. The van der Waals surface area contributed by atoms with Crippen LogP contribution in [-0.2, 0) is 9.59 Å². The lowest BCUT2D eigenvalue weighted by Gasteiger charge is -1.86. The van der Waals surface area contributed by atoms with Crippen molar-refractivity contribution in [2.24, 2.45) is 0 Å². The number of carboxylic acid groups (broad SMARTS) is 2. The van der Waals surface area contributed by atoms with E-state index in [2.05, 4.69) is 9.68 Å². The summed E-state index contributed by atoms with van der Waals surface area (Å²) in [6, 6.07) is 4.90. The fourth-order valence-electron chi connectivity index (χ4n) is 0.993.